The van der Waals surface area contributed by atoms with Gasteiger partial charge in [0.25, 0.3) is 11.6 Å². The molecule has 104 valence electrons. The lowest BCUT2D eigenvalue weighted by molar-refractivity contribution is -0.385. The molecule has 0 aliphatic heterocycles. The molecular weight excluding hydrogens is 286 g/mol. The molecule has 0 fully saturated rings. The van der Waals surface area contributed by atoms with E-state index in [-0.39, 0.29) is 10.6 Å². The average Bonchev–Trinajstić information content (AvgIpc) is 2.38. The molecule has 0 atom stereocenters. The molecule has 0 spiro atoms. The van der Waals surface area contributed by atoms with Crippen molar-refractivity contribution in [2.45, 2.75) is 0 Å². The molecule has 20 heavy (non-hydrogen) atoms. The molecule has 0 radical (unpaired) electrons. The predicted octanol–water partition coefficient (Wildman–Crippen LogP) is 2.13. The number of carbonyl (C=O) groups is 1. The molecule has 7 nitrogen and oxygen atoms in total. The van der Waals surface area contributed by atoms with Crippen LogP contribution in [0, 0.1) is 21.4 Å². The third kappa shape index (κ3) is 3.05. The number of aliphatic hydroxyl groups excluding tert-OH is 1. The number of carbonyl (C=O) groups excluding carboxylic acids is 1. The highest BCUT2D eigenvalue weighted by Gasteiger charge is 2.24. The highest BCUT2D eigenvalue weighted by atomic mass is 35.5. The summed E-state index contributed by atoms with van der Waals surface area (Å²) in [5.74, 6) is -1.51. The van der Waals surface area contributed by atoms with Gasteiger partial charge >= 0.3 is 0 Å². The Kier molecular flexibility index (Phi) is 4.67. The Morgan fingerprint density at radius 1 is 1.50 bits per heavy atom. The lowest BCUT2D eigenvalue weighted by atomic mass is 10.1. The Hall–Kier alpha value is -2.59. The van der Waals surface area contributed by atoms with E-state index in [0.717, 1.165) is 11.0 Å². The quantitative estimate of drug-likeness (QED) is 0.302. The van der Waals surface area contributed by atoms with E-state index in [0.29, 0.717) is 0 Å². The number of nitrogens with zero attached hydrogens (tertiary/aromatic N) is 3. The molecule has 1 N–H and O–H groups in total. The van der Waals surface area contributed by atoms with Crippen molar-refractivity contribution in [1.82, 2.24) is 4.90 Å². The van der Waals surface area contributed by atoms with Crippen LogP contribution in [-0.4, -0.2) is 34.9 Å². The summed E-state index contributed by atoms with van der Waals surface area (Å²) in [4.78, 5) is 23.0. The van der Waals surface area contributed by atoms with Gasteiger partial charge in [-0.15, -0.1) is 0 Å². The minimum absolute atomic E-state index is 0.102. The SMILES string of the molecule is CN(C)C(=O)/C(C#N)=C(\O)c1ccc(Cl)cc1[N+](=O)[O-]. The van der Waals surface area contributed by atoms with Crippen LogP contribution >= 0.6 is 11.6 Å². The van der Waals surface area contributed by atoms with Crippen LogP contribution in [0.15, 0.2) is 23.8 Å². The van der Waals surface area contributed by atoms with Crippen molar-refractivity contribution in [3.8, 4) is 6.07 Å². The number of hydrogen-bond donors (Lipinski definition) is 1. The first-order valence-corrected chi connectivity index (χ1v) is 5.66. The molecule has 8 heteroatoms. The molecule has 1 rings (SSSR count). The van der Waals surface area contributed by atoms with Crippen LogP contribution in [0.4, 0.5) is 5.69 Å². The van der Waals surface area contributed by atoms with E-state index in [2.05, 4.69) is 0 Å². The van der Waals surface area contributed by atoms with Crippen LogP contribution in [0.2, 0.25) is 5.02 Å². The fourth-order valence-electron chi connectivity index (χ4n) is 1.42. The van der Waals surface area contributed by atoms with E-state index < -0.39 is 27.9 Å². The van der Waals surface area contributed by atoms with Gasteiger partial charge in [-0.1, -0.05) is 11.6 Å². The van der Waals surface area contributed by atoms with Crippen LogP contribution in [-0.2, 0) is 4.79 Å². The second kappa shape index (κ2) is 6.04. The number of benzene rings is 1. The minimum Gasteiger partial charge on any atom is -0.505 e. The van der Waals surface area contributed by atoms with Gasteiger partial charge in [0.1, 0.15) is 6.07 Å². The number of hydrogen-bond acceptors (Lipinski definition) is 5. The van der Waals surface area contributed by atoms with Crippen molar-refractivity contribution < 1.29 is 14.8 Å². The van der Waals surface area contributed by atoms with E-state index in [1.54, 1.807) is 6.07 Å². The van der Waals surface area contributed by atoms with Crippen molar-refractivity contribution in [3.05, 3.63) is 44.5 Å². The summed E-state index contributed by atoms with van der Waals surface area (Å²) in [6.07, 6.45) is 0. The van der Waals surface area contributed by atoms with Crippen molar-refractivity contribution in [2.75, 3.05) is 14.1 Å². The van der Waals surface area contributed by atoms with Crippen LogP contribution in [0.5, 0.6) is 0 Å². The maximum absolute atomic E-state index is 11.7. The Morgan fingerprint density at radius 3 is 2.55 bits per heavy atom. The molecule has 1 amide bonds. The van der Waals surface area contributed by atoms with Gasteiger partial charge in [-0.25, -0.2) is 0 Å². The van der Waals surface area contributed by atoms with Crippen molar-refractivity contribution in [1.29, 1.82) is 5.26 Å². The number of rotatable bonds is 3. The zero-order valence-electron chi connectivity index (χ0n) is 10.6. The molecule has 0 unspecified atom stereocenters. The standard InChI is InChI=1S/C12H10ClN3O4/c1-15(2)12(18)9(6-14)11(17)8-4-3-7(13)5-10(8)16(19)20/h3-5,17H,1-2H3/b11-9-. The molecule has 0 aromatic heterocycles. The zero-order chi connectivity index (χ0) is 15.4. The van der Waals surface area contributed by atoms with Gasteiger partial charge in [0.05, 0.1) is 10.5 Å². The highest BCUT2D eigenvalue weighted by molar-refractivity contribution is 6.30. The number of nitro groups is 1. The second-order valence-electron chi connectivity index (χ2n) is 3.95. The van der Waals surface area contributed by atoms with E-state index in [9.17, 15) is 20.0 Å². The number of aliphatic hydroxyl groups is 1. The summed E-state index contributed by atoms with van der Waals surface area (Å²) in [5, 5.41) is 30.0. The molecule has 0 bridgehead atoms. The van der Waals surface area contributed by atoms with Gasteiger partial charge in [0.15, 0.2) is 11.3 Å². The summed E-state index contributed by atoms with van der Waals surface area (Å²) < 4.78 is 0. The zero-order valence-corrected chi connectivity index (χ0v) is 11.4. The third-order valence-corrected chi connectivity index (χ3v) is 2.62. The van der Waals surface area contributed by atoms with Gasteiger partial charge in [-0.3, -0.25) is 14.9 Å². The summed E-state index contributed by atoms with van der Waals surface area (Å²) in [6.45, 7) is 0. The number of nitriles is 1. The van der Waals surface area contributed by atoms with Crippen molar-refractivity contribution in [3.63, 3.8) is 0 Å². The molecule has 0 saturated carbocycles. The Morgan fingerprint density at radius 2 is 2.10 bits per heavy atom. The second-order valence-corrected chi connectivity index (χ2v) is 4.39. The average molecular weight is 296 g/mol. The maximum atomic E-state index is 11.7. The number of amides is 1. The van der Waals surface area contributed by atoms with E-state index in [1.807, 2.05) is 0 Å². The highest BCUT2D eigenvalue weighted by Crippen LogP contribution is 2.29. The maximum Gasteiger partial charge on any atom is 0.281 e. The van der Waals surface area contributed by atoms with Crippen LogP contribution in [0.25, 0.3) is 5.76 Å². The predicted molar refractivity (Wildman–Crippen MR) is 72.0 cm³/mol. The first-order chi connectivity index (χ1) is 9.29. The topological polar surface area (TPSA) is 107 Å². The molecule has 0 aliphatic carbocycles. The third-order valence-electron chi connectivity index (χ3n) is 2.38. The van der Waals surface area contributed by atoms with Crippen molar-refractivity contribution in [2.24, 2.45) is 0 Å². The Balaban J connectivity index is 3.54. The largest absolute Gasteiger partial charge is 0.505 e. The number of likely N-dealkylation sites (N-methyl/N-ethyl adjacent to an activating group) is 1. The molecule has 0 saturated heterocycles. The van der Waals surface area contributed by atoms with E-state index in [4.69, 9.17) is 16.9 Å². The van der Waals surface area contributed by atoms with Crippen molar-refractivity contribution >= 4 is 29.0 Å². The van der Waals surface area contributed by atoms with Crippen LogP contribution in [0.3, 0.4) is 0 Å². The van der Waals surface area contributed by atoms with E-state index in [1.165, 1.54) is 26.2 Å². The monoisotopic (exact) mass is 295 g/mol. The molecule has 0 aliphatic rings. The van der Waals surface area contributed by atoms with Gasteiger partial charge < -0.3 is 10.0 Å². The smallest absolute Gasteiger partial charge is 0.281 e. The minimum atomic E-state index is -0.757. The fraction of sp³-hybridized carbons (Fsp3) is 0.167. The molecule has 1 aromatic carbocycles. The van der Waals surface area contributed by atoms with Gasteiger partial charge in [-0.2, -0.15) is 5.26 Å². The Bertz CT molecular complexity index is 647. The number of halogens is 1. The lowest BCUT2D eigenvalue weighted by Crippen LogP contribution is -2.24. The summed E-state index contributed by atoms with van der Waals surface area (Å²) in [5.41, 5.74) is -1.32. The molecule has 1 aromatic rings. The van der Waals surface area contributed by atoms with Gasteiger partial charge in [0.2, 0.25) is 0 Å². The van der Waals surface area contributed by atoms with E-state index >= 15 is 0 Å². The van der Waals surface area contributed by atoms with Gasteiger partial charge in [-0.05, 0) is 12.1 Å². The first kappa shape index (κ1) is 15.5. The van der Waals surface area contributed by atoms with Crippen LogP contribution in [0.1, 0.15) is 5.56 Å². The summed E-state index contributed by atoms with van der Waals surface area (Å²) in [6, 6.07) is 5.07. The molecular formula is C12H10ClN3O4. The number of nitro benzene ring substituents is 1. The molecule has 0 heterocycles. The summed E-state index contributed by atoms with van der Waals surface area (Å²) >= 11 is 5.65. The Labute approximate surface area is 119 Å². The van der Waals surface area contributed by atoms with Gasteiger partial charge in [0, 0.05) is 25.2 Å². The first-order valence-electron chi connectivity index (χ1n) is 5.29. The normalized spacial score (nSPS) is 11.3. The summed E-state index contributed by atoms with van der Waals surface area (Å²) in [7, 11) is 2.78. The lowest BCUT2D eigenvalue weighted by Gasteiger charge is -2.10. The fourth-order valence-corrected chi connectivity index (χ4v) is 1.58. The van der Waals surface area contributed by atoms with Crippen LogP contribution < -0.4 is 0 Å².